The number of nitrogens with two attached hydrogens (primary N) is 1. The van der Waals surface area contributed by atoms with Crippen LogP contribution in [0, 0.1) is 0 Å². The molecule has 5 heteroatoms. The lowest BCUT2D eigenvalue weighted by atomic mass is 10.3. The molecule has 1 aromatic heterocycles. The van der Waals surface area contributed by atoms with Gasteiger partial charge in [0.25, 0.3) is 5.91 Å². The first-order valence-corrected chi connectivity index (χ1v) is 4.58. The van der Waals surface area contributed by atoms with E-state index >= 15 is 0 Å². The summed E-state index contributed by atoms with van der Waals surface area (Å²) in [6, 6.07) is 1.73. The van der Waals surface area contributed by atoms with Gasteiger partial charge in [-0.1, -0.05) is 0 Å². The van der Waals surface area contributed by atoms with Crippen LogP contribution in [-0.2, 0) is 0 Å². The topological polar surface area (TPSA) is 72.1 Å². The van der Waals surface area contributed by atoms with Gasteiger partial charge in [-0.2, -0.15) is 0 Å². The smallest absolute Gasteiger partial charge is 0.272 e. The summed E-state index contributed by atoms with van der Waals surface area (Å²) in [5.41, 5.74) is 6.15. The van der Waals surface area contributed by atoms with Crippen LogP contribution in [0.2, 0.25) is 0 Å². The molecule has 2 N–H and O–H groups in total. The number of nitrogens with zero attached hydrogens (tertiary/aromatic N) is 3. The summed E-state index contributed by atoms with van der Waals surface area (Å²) < 4.78 is 0. The first-order chi connectivity index (χ1) is 6.77. The predicted octanol–water partition coefficient (Wildman–Crippen LogP) is -0.350. The lowest BCUT2D eigenvalue weighted by Crippen LogP contribution is -2.32. The molecular weight excluding hydrogens is 180 g/mol. The molecule has 1 amide bonds. The van der Waals surface area contributed by atoms with Crippen LogP contribution >= 0.6 is 0 Å². The highest BCUT2D eigenvalue weighted by atomic mass is 16.2. The third kappa shape index (κ3) is 1.72. The van der Waals surface area contributed by atoms with Crippen LogP contribution in [0.15, 0.2) is 18.6 Å². The molecule has 2 rings (SSSR count). The van der Waals surface area contributed by atoms with Crippen molar-refractivity contribution in [3.05, 3.63) is 24.3 Å². The second-order valence-corrected chi connectivity index (χ2v) is 3.39. The van der Waals surface area contributed by atoms with Crippen LogP contribution in [0.3, 0.4) is 0 Å². The molecule has 1 saturated heterocycles. The zero-order valence-corrected chi connectivity index (χ0v) is 7.76. The molecule has 0 saturated carbocycles. The molecule has 1 aromatic rings. The zero-order chi connectivity index (χ0) is 9.97. The fraction of sp³-hybridized carbons (Fsp3) is 0.444. The Morgan fingerprint density at radius 2 is 2.50 bits per heavy atom. The van der Waals surface area contributed by atoms with Crippen molar-refractivity contribution in [2.24, 2.45) is 5.73 Å². The van der Waals surface area contributed by atoms with Gasteiger partial charge in [0.1, 0.15) is 12.0 Å². The van der Waals surface area contributed by atoms with Crippen LogP contribution in [0.4, 0.5) is 0 Å². The molecule has 5 nitrogen and oxygen atoms in total. The Labute approximate surface area is 82.0 Å². The van der Waals surface area contributed by atoms with Gasteiger partial charge in [0.2, 0.25) is 0 Å². The molecule has 0 spiro atoms. The zero-order valence-electron chi connectivity index (χ0n) is 7.76. The first-order valence-electron chi connectivity index (χ1n) is 4.58. The Kier molecular flexibility index (Phi) is 2.41. The monoisotopic (exact) mass is 192 g/mol. The average molecular weight is 192 g/mol. The van der Waals surface area contributed by atoms with Gasteiger partial charge in [-0.15, -0.1) is 0 Å². The lowest BCUT2D eigenvalue weighted by Gasteiger charge is -2.14. The maximum absolute atomic E-state index is 11.8. The number of carbonyl (C=O) groups is 1. The number of hydrogen-bond donors (Lipinski definition) is 1. The molecule has 0 bridgehead atoms. The Morgan fingerprint density at radius 3 is 3.07 bits per heavy atom. The van der Waals surface area contributed by atoms with Gasteiger partial charge in [-0.3, -0.25) is 4.79 Å². The van der Waals surface area contributed by atoms with Gasteiger partial charge < -0.3 is 10.6 Å². The third-order valence-corrected chi connectivity index (χ3v) is 2.31. The number of hydrogen-bond acceptors (Lipinski definition) is 4. The Hall–Kier alpha value is -1.49. The fourth-order valence-corrected chi connectivity index (χ4v) is 1.55. The van der Waals surface area contributed by atoms with Crippen LogP contribution in [0.1, 0.15) is 16.9 Å². The van der Waals surface area contributed by atoms with Crippen molar-refractivity contribution in [2.45, 2.75) is 12.5 Å². The Morgan fingerprint density at radius 1 is 1.64 bits per heavy atom. The summed E-state index contributed by atoms with van der Waals surface area (Å²) in [6.45, 7) is 1.35. The van der Waals surface area contributed by atoms with Crippen molar-refractivity contribution in [1.29, 1.82) is 0 Å². The molecular formula is C9H12N4O. The quantitative estimate of drug-likeness (QED) is 0.660. The number of carbonyl (C=O) groups excluding carboxylic acids is 1. The minimum Gasteiger partial charge on any atom is -0.336 e. The van der Waals surface area contributed by atoms with Gasteiger partial charge in [-0.05, 0) is 12.5 Å². The largest absolute Gasteiger partial charge is 0.336 e. The van der Waals surface area contributed by atoms with Gasteiger partial charge in [0.05, 0.1) is 0 Å². The van der Waals surface area contributed by atoms with E-state index in [0.29, 0.717) is 12.2 Å². The summed E-state index contributed by atoms with van der Waals surface area (Å²) in [5.74, 6) is -0.0552. The first kappa shape index (κ1) is 9.08. The Balaban J connectivity index is 2.10. The molecule has 0 radical (unpaired) electrons. The predicted molar refractivity (Wildman–Crippen MR) is 50.5 cm³/mol. The van der Waals surface area contributed by atoms with Crippen molar-refractivity contribution in [3.8, 4) is 0 Å². The summed E-state index contributed by atoms with van der Waals surface area (Å²) in [7, 11) is 0. The molecule has 1 atom stereocenters. The van der Waals surface area contributed by atoms with Gasteiger partial charge in [0, 0.05) is 25.3 Å². The van der Waals surface area contributed by atoms with Crippen LogP contribution in [0.25, 0.3) is 0 Å². The number of aromatic nitrogens is 2. The second-order valence-electron chi connectivity index (χ2n) is 3.39. The Bertz CT molecular complexity index is 327. The number of rotatable bonds is 1. The highest BCUT2D eigenvalue weighted by molar-refractivity contribution is 5.92. The molecule has 1 fully saturated rings. The van der Waals surface area contributed by atoms with E-state index < -0.39 is 0 Å². The summed E-state index contributed by atoms with van der Waals surface area (Å²) >= 11 is 0. The van der Waals surface area contributed by atoms with Gasteiger partial charge in [-0.25, -0.2) is 9.97 Å². The van der Waals surface area contributed by atoms with Crippen molar-refractivity contribution in [3.63, 3.8) is 0 Å². The normalized spacial score (nSPS) is 21.2. The van der Waals surface area contributed by atoms with E-state index in [-0.39, 0.29) is 11.9 Å². The van der Waals surface area contributed by atoms with E-state index in [0.717, 1.165) is 13.0 Å². The van der Waals surface area contributed by atoms with Crippen molar-refractivity contribution in [2.75, 3.05) is 13.1 Å². The van der Waals surface area contributed by atoms with E-state index in [1.54, 1.807) is 17.2 Å². The summed E-state index contributed by atoms with van der Waals surface area (Å²) in [5, 5.41) is 0. The molecule has 14 heavy (non-hydrogen) atoms. The molecule has 0 aromatic carbocycles. The minimum atomic E-state index is -0.0552. The SMILES string of the molecule is NC1CCN(C(=O)c2ccncn2)C1. The van der Waals surface area contributed by atoms with E-state index in [1.165, 1.54) is 6.33 Å². The maximum atomic E-state index is 11.8. The van der Waals surface area contributed by atoms with E-state index in [2.05, 4.69) is 9.97 Å². The van der Waals surface area contributed by atoms with Crippen molar-refractivity contribution >= 4 is 5.91 Å². The highest BCUT2D eigenvalue weighted by Crippen LogP contribution is 2.10. The van der Waals surface area contributed by atoms with Crippen LogP contribution < -0.4 is 5.73 Å². The van der Waals surface area contributed by atoms with Gasteiger partial charge >= 0.3 is 0 Å². The molecule has 2 heterocycles. The second kappa shape index (κ2) is 3.71. The maximum Gasteiger partial charge on any atom is 0.272 e. The van der Waals surface area contributed by atoms with Crippen LogP contribution in [0.5, 0.6) is 0 Å². The molecule has 74 valence electrons. The molecule has 1 aliphatic heterocycles. The number of amides is 1. The average Bonchev–Trinajstić information content (AvgIpc) is 2.65. The fourth-order valence-electron chi connectivity index (χ4n) is 1.55. The third-order valence-electron chi connectivity index (χ3n) is 2.31. The minimum absolute atomic E-state index is 0.0552. The molecule has 1 unspecified atom stereocenters. The van der Waals surface area contributed by atoms with E-state index in [1.807, 2.05) is 0 Å². The lowest BCUT2D eigenvalue weighted by molar-refractivity contribution is 0.0785. The summed E-state index contributed by atoms with van der Waals surface area (Å²) in [4.78, 5) is 21.2. The standard InChI is InChI=1S/C9H12N4O/c10-7-2-4-13(5-7)9(14)8-1-3-11-6-12-8/h1,3,6-7H,2,4-5,10H2. The van der Waals surface area contributed by atoms with E-state index in [4.69, 9.17) is 5.73 Å². The van der Waals surface area contributed by atoms with Crippen molar-refractivity contribution < 1.29 is 4.79 Å². The van der Waals surface area contributed by atoms with E-state index in [9.17, 15) is 4.79 Å². The molecule has 0 aliphatic carbocycles. The highest BCUT2D eigenvalue weighted by Gasteiger charge is 2.24. The van der Waals surface area contributed by atoms with Crippen molar-refractivity contribution in [1.82, 2.24) is 14.9 Å². The number of likely N-dealkylation sites (tertiary alicyclic amines) is 1. The van der Waals surface area contributed by atoms with Gasteiger partial charge in [0.15, 0.2) is 0 Å². The summed E-state index contributed by atoms with van der Waals surface area (Å²) in [6.07, 6.45) is 3.82. The van der Waals surface area contributed by atoms with Crippen LogP contribution in [-0.4, -0.2) is 39.9 Å². The molecule has 1 aliphatic rings.